The van der Waals surface area contributed by atoms with Crippen LogP contribution in [-0.4, -0.2) is 30.9 Å². The van der Waals surface area contributed by atoms with Crippen molar-refractivity contribution in [2.24, 2.45) is 17.8 Å². The first kappa shape index (κ1) is 19.7. The second-order valence-electron chi connectivity index (χ2n) is 7.31. The van der Waals surface area contributed by atoms with Gasteiger partial charge >= 0.3 is 5.97 Å². The molecule has 6 nitrogen and oxygen atoms in total. The Labute approximate surface area is 163 Å². The largest absolute Gasteiger partial charge is 0.495 e. The summed E-state index contributed by atoms with van der Waals surface area (Å²) in [6.07, 6.45) is 2.90. The van der Waals surface area contributed by atoms with Crippen molar-refractivity contribution in [1.82, 2.24) is 0 Å². The lowest BCUT2D eigenvalue weighted by molar-refractivity contribution is -0.161. The fourth-order valence-electron chi connectivity index (χ4n) is 3.98. The van der Waals surface area contributed by atoms with Crippen molar-refractivity contribution >= 4 is 34.9 Å². The quantitative estimate of drug-likeness (QED) is 0.772. The summed E-state index contributed by atoms with van der Waals surface area (Å²) >= 11 is 6.05. The van der Waals surface area contributed by atoms with Gasteiger partial charge in [0.05, 0.1) is 18.1 Å². The number of hydrogen-bond donors (Lipinski definition) is 1. The minimum atomic E-state index is -0.934. The number of esters is 1. The SMILES string of the molecule is COc1ccc(NC(=O)[C@H](C)OC(=O)C2C[C@H]3CCC[C@@H](C2)C3=O)cc1Cl. The summed E-state index contributed by atoms with van der Waals surface area (Å²) in [6.45, 7) is 1.53. The molecule has 2 fully saturated rings. The van der Waals surface area contributed by atoms with Gasteiger partial charge in [-0.05, 0) is 50.8 Å². The number of nitrogens with one attached hydrogen (secondary N) is 1. The lowest BCUT2D eigenvalue weighted by Crippen LogP contribution is -2.41. The van der Waals surface area contributed by atoms with Crippen LogP contribution >= 0.6 is 11.6 Å². The van der Waals surface area contributed by atoms with Gasteiger partial charge in [-0.3, -0.25) is 14.4 Å². The second kappa shape index (κ2) is 8.30. The fourth-order valence-corrected chi connectivity index (χ4v) is 4.24. The molecule has 0 saturated heterocycles. The summed E-state index contributed by atoms with van der Waals surface area (Å²) < 4.78 is 10.5. The lowest BCUT2D eigenvalue weighted by atomic mass is 9.67. The number of methoxy groups -OCH3 is 1. The van der Waals surface area contributed by atoms with Gasteiger partial charge in [0, 0.05) is 17.5 Å². The van der Waals surface area contributed by atoms with E-state index in [1.54, 1.807) is 18.2 Å². The van der Waals surface area contributed by atoms with Crippen LogP contribution in [0.1, 0.15) is 39.0 Å². The number of ether oxygens (including phenoxy) is 2. The van der Waals surface area contributed by atoms with E-state index in [0.29, 0.717) is 35.1 Å². The van der Waals surface area contributed by atoms with Crippen LogP contribution in [0.15, 0.2) is 18.2 Å². The van der Waals surface area contributed by atoms with Crippen molar-refractivity contribution in [2.75, 3.05) is 12.4 Å². The molecular weight excluding hydrogens is 370 g/mol. The molecule has 2 aliphatic carbocycles. The number of carbonyl (C=O) groups excluding carboxylic acids is 3. The zero-order valence-corrected chi connectivity index (χ0v) is 16.3. The van der Waals surface area contributed by atoms with Crippen LogP contribution in [0.2, 0.25) is 5.02 Å². The maximum Gasteiger partial charge on any atom is 0.309 e. The molecule has 2 bridgehead atoms. The number of benzene rings is 1. The molecule has 1 aromatic rings. The summed E-state index contributed by atoms with van der Waals surface area (Å²) in [6, 6.07) is 4.87. The Balaban J connectivity index is 1.55. The molecule has 0 aromatic heterocycles. The lowest BCUT2D eigenvalue weighted by Gasteiger charge is -2.36. The summed E-state index contributed by atoms with van der Waals surface area (Å²) in [5, 5.41) is 3.05. The third-order valence-electron chi connectivity index (χ3n) is 5.46. The zero-order valence-electron chi connectivity index (χ0n) is 15.5. The van der Waals surface area contributed by atoms with Crippen LogP contribution in [0.4, 0.5) is 5.69 Å². The molecule has 1 amide bonds. The number of hydrogen-bond acceptors (Lipinski definition) is 5. The van der Waals surface area contributed by atoms with Crippen molar-refractivity contribution in [3.8, 4) is 5.75 Å². The highest BCUT2D eigenvalue weighted by molar-refractivity contribution is 6.32. The molecule has 7 heteroatoms. The van der Waals surface area contributed by atoms with Gasteiger partial charge in [0.2, 0.25) is 0 Å². The number of fused-ring (bicyclic) bond motifs is 2. The zero-order chi connectivity index (χ0) is 19.6. The molecule has 0 radical (unpaired) electrons. The van der Waals surface area contributed by atoms with Gasteiger partial charge < -0.3 is 14.8 Å². The molecule has 4 atom stereocenters. The highest BCUT2D eigenvalue weighted by Crippen LogP contribution is 2.40. The smallest absolute Gasteiger partial charge is 0.309 e. The Morgan fingerprint density at radius 3 is 2.48 bits per heavy atom. The van der Waals surface area contributed by atoms with Crippen LogP contribution in [0.3, 0.4) is 0 Å². The maximum absolute atomic E-state index is 12.5. The van der Waals surface area contributed by atoms with Gasteiger partial charge in [0.1, 0.15) is 11.5 Å². The topological polar surface area (TPSA) is 81.7 Å². The minimum absolute atomic E-state index is 0.0272. The van der Waals surface area contributed by atoms with E-state index in [2.05, 4.69) is 5.32 Å². The van der Waals surface area contributed by atoms with Gasteiger partial charge in [-0.15, -0.1) is 0 Å². The highest BCUT2D eigenvalue weighted by Gasteiger charge is 2.42. The van der Waals surface area contributed by atoms with E-state index in [9.17, 15) is 14.4 Å². The number of Topliss-reactive ketones (excluding diaryl/α,β-unsaturated/α-hetero) is 1. The van der Waals surface area contributed by atoms with Crippen LogP contribution in [0.5, 0.6) is 5.75 Å². The average molecular weight is 394 g/mol. The monoisotopic (exact) mass is 393 g/mol. The summed E-state index contributed by atoms with van der Waals surface area (Å²) in [5.41, 5.74) is 0.492. The van der Waals surface area contributed by atoms with E-state index in [4.69, 9.17) is 21.1 Å². The molecule has 0 aliphatic heterocycles. The van der Waals surface area contributed by atoms with Crippen LogP contribution < -0.4 is 10.1 Å². The number of amides is 1. The number of halogens is 1. The Kier molecular flexibility index (Phi) is 6.05. The van der Waals surface area contributed by atoms with Crippen molar-refractivity contribution in [2.45, 2.75) is 45.1 Å². The molecule has 2 saturated carbocycles. The molecule has 0 spiro atoms. The van der Waals surface area contributed by atoms with E-state index in [0.717, 1.165) is 19.3 Å². The van der Waals surface area contributed by atoms with E-state index in [-0.39, 0.29) is 17.8 Å². The molecule has 3 rings (SSSR count). The normalized spacial score (nSPS) is 25.4. The van der Waals surface area contributed by atoms with Gasteiger partial charge in [0.25, 0.3) is 5.91 Å². The molecule has 27 heavy (non-hydrogen) atoms. The Morgan fingerprint density at radius 2 is 1.89 bits per heavy atom. The van der Waals surface area contributed by atoms with Gasteiger partial charge in [-0.25, -0.2) is 0 Å². The van der Waals surface area contributed by atoms with Gasteiger partial charge in [-0.1, -0.05) is 18.0 Å². The molecule has 0 heterocycles. The Morgan fingerprint density at radius 1 is 1.22 bits per heavy atom. The first-order valence-corrected chi connectivity index (χ1v) is 9.65. The summed E-state index contributed by atoms with van der Waals surface area (Å²) in [4.78, 5) is 37.0. The molecule has 2 aliphatic rings. The van der Waals surface area contributed by atoms with E-state index < -0.39 is 18.0 Å². The van der Waals surface area contributed by atoms with Crippen LogP contribution in [0.25, 0.3) is 0 Å². The summed E-state index contributed by atoms with van der Waals surface area (Å²) in [7, 11) is 1.51. The van der Waals surface area contributed by atoms with Crippen LogP contribution in [-0.2, 0) is 19.1 Å². The standard InChI is InChI=1S/C20H24ClNO5/c1-11(19(24)22-15-6-7-17(26-2)16(21)10-15)27-20(25)14-8-12-4-3-5-13(9-14)18(12)23/h6-7,10-14H,3-5,8-9H2,1-2H3,(H,22,24)/t11-,12-,13+,14?/m0/s1. The maximum atomic E-state index is 12.5. The molecule has 1 N–H and O–H groups in total. The Hall–Kier alpha value is -2.08. The molecule has 146 valence electrons. The molecule has 1 aromatic carbocycles. The first-order valence-electron chi connectivity index (χ1n) is 9.27. The van der Waals surface area contributed by atoms with Gasteiger partial charge in [-0.2, -0.15) is 0 Å². The Bertz CT molecular complexity index is 734. The van der Waals surface area contributed by atoms with Crippen molar-refractivity contribution in [3.05, 3.63) is 23.2 Å². The average Bonchev–Trinajstić information content (AvgIpc) is 2.61. The summed E-state index contributed by atoms with van der Waals surface area (Å²) in [5.74, 6) is -0.379. The van der Waals surface area contributed by atoms with Crippen molar-refractivity contribution < 1.29 is 23.9 Å². The number of ketones is 1. The van der Waals surface area contributed by atoms with Crippen molar-refractivity contribution in [3.63, 3.8) is 0 Å². The highest BCUT2D eigenvalue weighted by atomic mass is 35.5. The van der Waals surface area contributed by atoms with Crippen molar-refractivity contribution in [1.29, 1.82) is 0 Å². The minimum Gasteiger partial charge on any atom is -0.495 e. The fraction of sp³-hybridized carbons (Fsp3) is 0.550. The number of anilines is 1. The molecular formula is C20H24ClNO5. The second-order valence-corrected chi connectivity index (χ2v) is 7.72. The third-order valence-corrected chi connectivity index (χ3v) is 5.76. The molecule has 1 unspecified atom stereocenters. The van der Waals surface area contributed by atoms with E-state index >= 15 is 0 Å². The predicted octanol–water partition coefficient (Wildman–Crippen LogP) is 3.61. The van der Waals surface area contributed by atoms with Gasteiger partial charge in [0.15, 0.2) is 6.10 Å². The third kappa shape index (κ3) is 4.43. The number of rotatable bonds is 5. The van der Waals surface area contributed by atoms with E-state index in [1.165, 1.54) is 14.0 Å². The van der Waals surface area contributed by atoms with E-state index in [1.807, 2.05) is 0 Å². The first-order chi connectivity index (χ1) is 12.9. The van der Waals surface area contributed by atoms with Crippen LogP contribution in [0, 0.1) is 17.8 Å². The number of carbonyl (C=O) groups is 3. The predicted molar refractivity (Wildman–Crippen MR) is 101 cm³/mol.